The van der Waals surface area contributed by atoms with Crippen molar-refractivity contribution in [1.29, 1.82) is 0 Å². The molecular weight excluding hydrogens is 453 g/mol. The van der Waals surface area contributed by atoms with Crippen LogP contribution in [0.2, 0.25) is 0 Å². The molecule has 1 heterocycles. The van der Waals surface area contributed by atoms with Crippen LogP contribution >= 0.6 is 24.0 Å². The van der Waals surface area contributed by atoms with Crippen LogP contribution in [0, 0.1) is 18.3 Å². The molecule has 150 valence electrons. The minimum atomic E-state index is 0. The summed E-state index contributed by atoms with van der Waals surface area (Å²) in [5.41, 5.74) is 2.87. The predicted molar refractivity (Wildman–Crippen MR) is 119 cm³/mol. The van der Waals surface area contributed by atoms with Gasteiger partial charge in [-0.25, -0.2) is 0 Å². The smallest absolute Gasteiger partial charge is 0.191 e. The van der Waals surface area contributed by atoms with Crippen LogP contribution in [-0.2, 0) is 11.2 Å². The van der Waals surface area contributed by atoms with Gasteiger partial charge in [-0.05, 0) is 44.2 Å². The number of aliphatic imine (C=N–C) groups is 1. The number of aryl methyl sites for hydroxylation is 1. The van der Waals surface area contributed by atoms with Gasteiger partial charge in [0, 0.05) is 37.6 Å². The zero-order valence-electron chi connectivity index (χ0n) is 16.6. The van der Waals surface area contributed by atoms with Gasteiger partial charge in [-0.2, -0.15) is 0 Å². The Morgan fingerprint density at radius 3 is 2.85 bits per heavy atom. The fraction of sp³-hybridized carbons (Fsp3) is 0.667. The molecule has 0 bridgehead atoms. The predicted octanol–water partition coefficient (Wildman–Crippen LogP) is 3.29. The molecule has 6 heteroatoms. The van der Waals surface area contributed by atoms with Crippen molar-refractivity contribution < 1.29 is 9.47 Å². The lowest BCUT2D eigenvalue weighted by molar-refractivity contribution is -0.171. The third-order valence-corrected chi connectivity index (χ3v) is 6.67. The molecule has 2 aliphatic carbocycles. The summed E-state index contributed by atoms with van der Waals surface area (Å²) in [7, 11) is 3.59. The van der Waals surface area contributed by atoms with Crippen LogP contribution in [0.4, 0.5) is 0 Å². The number of halogens is 1. The molecule has 1 aromatic carbocycles. The lowest BCUT2D eigenvalue weighted by Crippen LogP contribution is -2.72. The van der Waals surface area contributed by atoms with Crippen molar-refractivity contribution in [2.75, 3.05) is 27.3 Å². The van der Waals surface area contributed by atoms with Gasteiger partial charge in [-0.1, -0.05) is 24.1 Å². The van der Waals surface area contributed by atoms with Gasteiger partial charge in [0.25, 0.3) is 0 Å². The van der Waals surface area contributed by atoms with Crippen molar-refractivity contribution in [3.8, 4) is 5.75 Å². The molecule has 0 aromatic heterocycles. The van der Waals surface area contributed by atoms with Crippen LogP contribution in [0.3, 0.4) is 0 Å². The first-order chi connectivity index (χ1) is 12.7. The Hall–Kier alpha value is -1.02. The minimum Gasteiger partial charge on any atom is -0.496 e. The number of hydrogen-bond acceptors (Lipinski definition) is 3. The molecule has 4 rings (SSSR count). The summed E-state index contributed by atoms with van der Waals surface area (Å²) in [5.74, 6) is 2.53. The second-order valence-electron chi connectivity index (χ2n) is 8.02. The molecule has 2 saturated carbocycles. The lowest BCUT2D eigenvalue weighted by atomic mass is 9.46. The number of hydrogen-bond donors (Lipinski definition) is 2. The van der Waals surface area contributed by atoms with E-state index >= 15 is 0 Å². The number of fused-ring (bicyclic) bond motifs is 2. The highest BCUT2D eigenvalue weighted by atomic mass is 127. The van der Waals surface area contributed by atoms with Crippen LogP contribution in [0.25, 0.3) is 0 Å². The number of methoxy groups -OCH3 is 1. The van der Waals surface area contributed by atoms with Crippen molar-refractivity contribution in [2.45, 2.75) is 51.2 Å². The van der Waals surface area contributed by atoms with Gasteiger partial charge in [-0.15, -0.1) is 24.0 Å². The second kappa shape index (κ2) is 8.55. The summed E-state index contributed by atoms with van der Waals surface area (Å²) >= 11 is 0. The molecule has 0 radical (unpaired) electrons. The highest BCUT2D eigenvalue weighted by molar-refractivity contribution is 14.0. The van der Waals surface area contributed by atoms with Gasteiger partial charge in [0.05, 0.1) is 13.2 Å². The number of rotatable bonds is 5. The fourth-order valence-electron chi connectivity index (χ4n) is 5.22. The number of benzene rings is 1. The molecule has 0 amide bonds. The lowest BCUT2D eigenvalue weighted by Gasteiger charge is -2.63. The maximum atomic E-state index is 6.02. The first kappa shape index (κ1) is 20.7. The van der Waals surface area contributed by atoms with Crippen LogP contribution in [0.5, 0.6) is 5.75 Å². The van der Waals surface area contributed by atoms with E-state index in [1.165, 1.54) is 36.8 Å². The van der Waals surface area contributed by atoms with Crippen LogP contribution in [0.15, 0.2) is 23.2 Å². The van der Waals surface area contributed by atoms with Gasteiger partial charge in [0.2, 0.25) is 0 Å². The summed E-state index contributed by atoms with van der Waals surface area (Å²) in [6, 6.07) is 6.85. The van der Waals surface area contributed by atoms with Gasteiger partial charge < -0.3 is 20.1 Å². The topological polar surface area (TPSA) is 54.9 Å². The molecular formula is C21H32IN3O2. The Morgan fingerprint density at radius 2 is 2.19 bits per heavy atom. The molecule has 1 spiro atoms. The number of nitrogens with one attached hydrogen (secondary N) is 2. The van der Waals surface area contributed by atoms with Crippen molar-refractivity contribution in [2.24, 2.45) is 16.3 Å². The summed E-state index contributed by atoms with van der Waals surface area (Å²) in [4.78, 5) is 4.46. The first-order valence-electron chi connectivity index (χ1n) is 9.90. The largest absolute Gasteiger partial charge is 0.496 e. The fourth-order valence-corrected chi connectivity index (χ4v) is 5.22. The molecule has 1 saturated heterocycles. The van der Waals surface area contributed by atoms with E-state index in [0.717, 1.165) is 31.3 Å². The van der Waals surface area contributed by atoms with Gasteiger partial charge in [0.15, 0.2) is 5.96 Å². The molecule has 2 N–H and O–H groups in total. The highest BCUT2D eigenvalue weighted by Crippen LogP contribution is 2.62. The second-order valence-corrected chi connectivity index (χ2v) is 8.02. The Labute approximate surface area is 179 Å². The van der Waals surface area contributed by atoms with Crippen molar-refractivity contribution >= 4 is 29.9 Å². The Balaban J connectivity index is 0.00000210. The Kier molecular flexibility index (Phi) is 6.56. The quantitative estimate of drug-likeness (QED) is 0.382. The average molecular weight is 485 g/mol. The van der Waals surface area contributed by atoms with E-state index in [9.17, 15) is 0 Å². The van der Waals surface area contributed by atoms with E-state index in [0.29, 0.717) is 23.5 Å². The van der Waals surface area contributed by atoms with E-state index in [-0.39, 0.29) is 24.0 Å². The maximum absolute atomic E-state index is 6.02. The van der Waals surface area contributed by atoms with E-state index in [4.69, 9.17) is 9.47 Å². The third kappa shape index (κ3) is 3.67. The minimum absolute atomic E-state index is 0. The van der Waals surface area contributed by atoms with Crippen LogP contribution in [0.1, 0.15) is 36.8 Å². The molecule has 5 nitrogen and oxygen atoms in total. The normalized spacial score (nSPS) is 27.8. The summed E-state index contributed by atoms with van der Waals surface area (Å²) in [6.07, 6.45) is 6.51. The summed E-state index contributed by atoms with van der Waals surface area (Å²) in [6.45, 7) is 3.88. The molecule has 1 aliphatic heterocycles. The van der Waals surface area contributed by atoms with Gasteiger partial charge >= 0.3 is 0 Å². The van der Waals surface area contributed by atoms with Gasteiger partial charge in [-0.3, -0.25) is 4.99 Å². The SMILES string of the molecule is CN=C(NCCc1cc(C)ccc1OC)NC1C2CCOC2C12CCC2.I. The zero-order chi connectivity index (χ0) is 18.1. The molecule has 3 atom stereocenters. The molecule has 3 unspecified atom stereocenters. The number of nitrogens with zero attached hydrogens (tertiary/aromatic N) is 1. The van der Waals surface area contributed by atoms with Crippen LogP contribution in [-0.4, -0.2) is 45.4 Å². The van der Waals surface area contributed by atoms with E-state index in [1.807, 2.05) is 13.1 Å². The molecule has 27 heavy (non-hydrogen) atoms. The number of ether oxygens (including phenoxy) is 2. The van der Waals surface area contributed by atoms with Crippen LogP contribution < -0.4 is 15.4 Å². The number of guanidine groups is 1. The summed E-state index contributed by atoms with van der Waals surface area (Å²) in [5, 5.41) is 7.22. The van der Waals surface area contributed by atoms with E-state index in [2.05, 4.69) is 34.7 Å². The standard InChI is InChI=1S/C21H31N3O2.HI/c1-14-5-6-17(25-3)15(13-14)7-11-23-20(22-2)24-18-16-8-12-26-19(16)21(18)9-4-10-21;/h5-6,13,16,18-19H,4,7-12H2,1-3H3,(H2,22,23,24);1H. The van der Waals surface area contributed by atoms with E-state index < -0.39 is 0 Å². The van der Waals surface area contributed by atoms with Crippen molar-refractivity contribution in [3.05, 3.63) is 29.3 Å². The third-order valence-electron chi connectivity index (χ3n) is 6.67. The Bertz CT molecular complexity index is 690. The average Bonchev–Trinajstić information content (AvgIpc) is 3.01. The molecule has 1 aromatic rings. The Morgan fingerprint density at radius 1 is 1.37 bits per heavy atom. The zero-order valence-corrected chi connectivity index (χ0v) is 18.9. The molecule has 3 fully saturated rings. The summed E-state index contributed by atoms with van der Waals surface area (Å²) < 4.78 is 11.5. The maximum Gasteiger partial charge on any atom is 0.191 e. The molecule has 3 aliphatic rings. The van der Waals surface area contributed by atoms with Crippen molar-refractivity contribution in [1.82, 2.24) is 10.6 Å². The highest BCUT2D eigenvalue weighted by Gasteiger charge is 2.66. The monoisotopic (exact) mass is 485 g/mol. The van der Waals surface area contributed by atoms with Gasteiger partial charge in [0.1, 0.15) is 5.75 Å². The van der Waals surface area contributed by atoms with E-state index in [1.54, 1.807) is 7.11 Å². The van der Waals surface area contributed by atoms with Crippen molar-refractivity contribution in [3.63, 3.8) is 0 Å². The first-order valence-corrected chi connectivity index (χ1v) is 9.90.